The van der Waals surface area contributed by atoms with E-state index < -0.39 is 0 Å². The Hall–Kier alpha value is -0.860. The maximum absolute atomic E-state index is 5.53. The third-order valence-corrected chi connectivity index (χ3v) is 4.08. The van der Waals surface area contributed by atoms with Crippen LogP contribution >= 0.6 is 0 Å². The van der Waals surface area contributed by atoms with Crippen LogP contribution in [0.4, 0.5) is 0 Å². The Kier molecular flexibility index (Phi) is 5.87. The van der Waals surface area contributed by atoms with Crippen LogP contribution in [0.5, 0.6) is 0 Å². The number of hydrogen-bond acceptors (Lipinski definition) is 2. The smallest absolute Gasteiger partial charge is 0.0506 e. The van der Waals surface area contributed by atoms with E-state index >= 15 is 0 Å². The minimum absolute atomic E-state index is 0.603. The molecule has 2 atom stereocenters. The monoisotopic (exact) mass is 261 g/mol. The van der Waals surface area contributed by atoms with Gasteiger partial charge in [0.1, 0.15) is 0 Å². The molecule has 2 nitrogen and oxygen atoms in total. The fraction of sp³-hybridized carbons (Fsp3) is 0.647. The van der Waals surface area contributed by atoms with Crippen molar-refractivity contribution in [2.24, 2.45) is 11.8 Å². The highest BCUT2D eigenvalue weighted by molar-refractivity contribution is 5.20. The molecule has 0 radical (unpaired) electrons. The molecule has 1 heterocycles. The van der Waals surface area contributed by atoms with Crippen LogP contribution in [0.1, 0.15) is 38.2 Å². The third kappa shape index (κ3) is 4.63. The van der Waals surface area contributed by atoms with Gasteiger partial charge in [-0.05, 0) is 36.2 Å². The van der Waals surface area contributed by atoms with Crippen LogP contribution in [0, 0.1) is 11.8 Å². The lowest BCUT2D eigenvalue weighted by Gasteiger charge is -2.26. The van der Waals surface area contributed by atoms with E-state index in [1.54, 1.807) is 0 Å². The van der Waals surface area contributed by atoms with Crippen LogP contribution in [0.2, 0.25) is 0 Å². The van der Waals surface area contributed by atoms with Crippen molar-refractivity contribution in [2.75, 3.05) is 26.3 Å². The van der Waals surface area contributed by atoms with E-state index in [0.717, 1.165) is 26.3 Å². The summed E-state index contributed by atoms with van der Waals surface area (Å²) in [5.41, 5.74) is 1.45. The lowest BCUT2D eigenvalue weighted by atomic mass is 9.88. The highest BCUT2D eigenvalue weighted by Gasteiger charge is 2.17. The molecule has 1 saturated heterocycles. The molecule has 1 aliphatic rings. The molecule has 1 aromatic rings. The van der Waals surface area contributed by atoms with Crippen molar-refractivity contribution < 1.29 is 4.74 Å². The zero-order valence-corrected chi connectivity index (χ0v) is 12.3. The molecular formula is C17H27NO. The van der Waals surface area contributed by atoms with Crippen molar-refractivity contribution in [3.8, 4) is 0 Å². The van der Waals surface area contributed by atoms with Gasteiger partial charge in [0.25, 0.3) is 0 Å². The molecule has 1 aromatic carbocycles. The Morgan fingerprint density at radius 1 is 1.26 bits per heavy atom. The summed E-state index contributed by atoms with van der Waals surface area (Å²) in [5, 5.41) is 3.66. The lowest BCUT2D eigenvalue weighted by Crippen LogP contribution is -2.32. The predicted molar refractivity (Wildman–Crippen MR) is 80.4 cm³/mol. The van der Waals surface area contributed by atoms with Crippen molar-refractivity contribution in [1.82, 2.24) is 5.32 Å². The van der Waals surface area contributed by atoms with E-state index in [-0.39, 0.29) is 0 Å². The number of hydrogen-bond donors (Lipinski definition) is 1. The van der Waals surface area contributed by atoms with Crippen LogP contribution in [0.25, 0.3) is 0 Å². The molecule has 0 aliphatic carbocycles. The maximum atomic E-state index is 5.53. The van der Waals surface area contributed by atoms with Crippen molar-refractivity contribution in [3.05, 3.63) is 35.9 Å². The van der Waals surface area contributed by atoms with Crippen LogP contribution in [0.15, 0.2) is 30.3 Å². The first-order valence-electron chi connectivity index (χ1n) is 7.60. The molecule has 1 N–H and O–H groups in total. The van der Waals surface area contributed by atoms with E-state index in [9.17, 15) is 0 Å². The molecular weight excluding hydrogens is 234 g/mol. The van der Waals surface area contributed by atoms with Gasteiger partial charge >= 0.3 is 0 Å². The Morgan fingerprint density at radius 3 is 2.68 bits per heavy atom. The van der Waals surface area contributed by atoms with E-state index in [0.29, 0.717) is 17.8 Å². The standard InChI is InChI=1S/C17H27NO/c1-14(2)17(16-8-4-3-5-9-16)12-18-11-15-7-6-10-19-13-15/h3-5,8-9,14-15,17-18H,6-7,10-13H2,1-2H3. The van der Waals surface area contributed by atoms with Gasteiger partial charge in [-0.25, -0.2) is 0 Å². The first-order chi connectivity index (χ1) is 9.27. The van der Waals surface area contributed by atoms with Crippen molar-refractivity contribution >= 4 is 0 Å². The van der Waals surface area contributed by atoms with E-state index in [1.165, 1.54) is 18.4 Å². The average Bonchev–Trinajstić information content (AvgIpc) is 2.45. The van der Waals surface area contributed by atoms with Gasteiger partial charge in [-0.3, -0.25) is 0 Å². The summed E-state index contributed by atoms with van der Waals surface area (Å²) in [6.45, 7) is 8.67. The summed E-state index contributed by atoms with van der Waals surface area (Å²) >= 11 is 0. The van der Waals surface area contributed by atoms with Crippen LogP contribution in [-0.4, -0.2) is 26.3 Å². The summed E-state index contributed by atoms with van der Waals surface area (Å²) < 4.78 is 5.53. The van der Waals surface area contributed by atoms with Gasteiger partial charge < -0.3 is 10.1 Å². The molecule has 1 fully saturated rings. The Morgan fingerprint density at radius 2 is 2.05 bits per heavy atom. The number of benzene rings is 1. The zero-order chi connectivity index (χ0) is 13.5. The second-order valence-electron chi connectivity index (χ2n) is 6.00. The van der Waals surface area contributed by atoms with Crippen molar-refractivity contribution in [2.45, 2.75) is 32.6 Å². The zero-order valence-electron chi connectivity index (χ0n) is 12.3. The third-order valence-electron chi connectivity index (χ3n) is 4.08. The summed E-state index contributed by atoms with van der Waals surface area (Å²) in [6, 6.07) is 10.9. The molecule has 2 rings (SSSR count). The van der Waals surface area contributed by atoms with Crippen LogP contribution in [-0.2, 0) is 4.74 Å². The maximum Gasteiger partial charge on any atom is 0.0506 e. The normalized spacial score (nSPS) is 21.5. The predicted octanol–water partition coefficient (Wildman–Crippen LogP) is 3.44. The van der Waals surface area contributed by atoms with Gasteiger partial charge in [0.05, 0.1) is 6.61 Å². The number of rotatable bonds is 6. The van der Waals surface area contributed by atoms with Crippen molar-refractivity contribution in [3.63, 3.8) is 0 Å². The molecule has 0 spiro atoms. The highest BCUT2D eigenvalue weighted by atomic mass is 16.5. The summed E-state index contributed by atoms with van der Waals surface area (Å²) in [6.07, 6.45) is 2.53. The minimum Gasteiger partial charge on any atom is -0.381 e. The average molecular weight is 261 g/mol. The van der Waals surface area contributed by atoms with Gasteiger partial charge in [0.15, 0.2) is 0 Å². The molecule has 0 saturated carbocycles. The largest absolute Gasteiger partial charge is 0.381 e. The Labute approximate surface area is 117 Å². The van der Waals surface area contributed by atoms with Gasteiger partial charge in [-0.15, -0.1) is 0 Å². The molecule has 19 heavy (non-hydrogen) atoms. The molecule has 0 amide bonds. The Bertz CT molecular complexity index is 344. The Balaban J connectivity index is 1.80. The van der Waals surface area contributed by atoms with Crippen molar-refractivity contribution in [1.29, 1.82) is 0 Å². The summed E-state index contributed by atoms with van der Waals surface area (Å²) in [5.74, 6) is 1.97. The first kappa shape index (κ1) is 14.5. The SMILES string of the molecule is CC(C)C(CNCC1CCCOC1)c1ccccc1. The first-order valence-corrected chi connectivity index (χ1v) is 7.60. The van der Waals surface area contributed by atoms with E-state index in [1.807, 2.05) is 0 Å². The fourth-order valence-electron chi connectivity index (χ4n) is 2.85. The number of ether oxygens (including phenoxy) is 1. The highest BCUT2D eigenvalue weighted by Crippen LogP contribution is 2.23. The van der Waals surface area contributed by atoms with Gasteiger partial charge in [-0.1, -0.05) is 44.2 Å². The van der Waals surface area contributed by atoms with E-state index in [2.05, 4.69) is 49.5 Å². The lowest BCUT2D eigenvalue weighted by molar-refractivity contribution is 0.0546. The van der Waals surface area contributed by atoms with Gasteiger partial charge in [0, 0.05) is 19.7 Å². The minimum atomic E-state index is 0.603. The van der Waals surface area contributed by atoms with Gasteiger partial charge in [-0.2, -0.15) is 0 Å². The summed E-state index contributed by atoms with van der Waals surface area (Å²) in [4.78, 5) is 0. The molecule has 2 heteroatoms. The molecule has 0 bridgehead atoms. The van der Waals surface area contributed by atoms with Crippen LogP contribution < -0.4 is 5.32 Å². The second-order valence-corrected chi connectivity index (χ2v) is 6.00. The van der Waals surface area contributed by atoms with Gasteiger partial charge in [0.2, 0.25) is 0 Å². The fourth-order valence-corrected chi connectivity index (χ4v) is 2.85. The summed E-state index contributed by atoms with van der Waals surface area (Å²) in [7, 11) is 0. The molecule has 106 valence electrons. The van der Waals surface area contributed by atoms with E-state index in [4.69, 9.17) is 4.74 Å². The quantitative estimate of drug-likeness (QED) is 0.847. The molecule has 1 aliphatic heterocycles. The second kappa shape index (κ2) is 7.66. The number of nitrogens with one attached hydrogen (secondary N) is 1. The van der Waals surface area contributed by atoms with Crippen LogP contribution in [0.3, 0.4) is 0 Å². The molecule has 2 unspecified atom stereocenters. The molecule has 0 aromatic heterocycles. The topological polar surface area (TPSA) is 21.3 Å².